The highest BCUT2D eigenvalue weighted by atomic mass is 16.5. The minimum atomic E-state index is -0.299. The van der Waals surface area contributed by atoms with Crippen molar-refractivity contribution < 1.29 is 9.53 Å². The van der Waals surface area contributed by atoms with Crippen LogP contribution in [-0.2, 0) is 16.1 Å². The third-order valence-electron chi connectivity index (χ3n) is 5.74. The molecule has 4 nitrogen and oxygen atoms in total. The van der Waals surface area contributed by atoms with E-state index in [9.17, 15) is 10.1 Å². The van der Waals surface area contributed by atoms with E-state index in [0.29, 0.717) is 18.2 Å². The quantitative estimate of drug-likeness (QED) is 0.672. The van der Waals surface area contributed by atoms with Gasteiger partial charge in [-0.2, -0.15) is 5.26 Å². The van der Waals surface area contributed by atoms with Gasteiger partial charge in [0.05, 0.1) is 18.7 Å². The van der Waals surface area contributed by atoms with E-state index in [1.54, 1.807) is 0 Å². The van der Waals surface area contributed by atoms with Crippen LogP contribution < -0.4 is 0 Å². The Labute approximate surface area is 167 Å². The molecule has 28 heavy (non-hydrogen) atoms. The summed E-state index contributed by atoms with van der Waals surface area (Å²) in [5.74, 6) is -0.202. The van der Waals surface area contributed by atoms with Gasteiger partial charge in [-0.1, -0.05) is 61.7 Å². The predicted octanol–water partition coefficient (Wildman–Crippen LogP) is 4.92. The number of carbonyl (C=O) groups excluding carboxylic acids is 1. The van der Waals surface area contributed by atoms with Crippen molar-refractivity contribution in [2.45, 2.75) is 57.7 Å². The third kappa shape index (κ3) is 4.61. The summed E-state index contributed by atoms with van der Waals surface area (Å²) >= 11 is 0. The molecule has 2 aromatic carbocycles. The van der Waals surface area contributed by atoms with E-state index < -0.39 is 0 Å². The maximum absolute atomic E-state index is 12.2. The highest BCUT2D eigenvalue weighted by Crippen LogP contribution is 2.28. The second kappa shape index (κ2) is 9.52. The maximum Gasteiger partial charge on any atom is 0.322 e. The van der Waals surface area contributed by atoms with Crippen LogP contribution in [0.25, 0.3) is 11.1 Å². The molecule has 0 saturated heterocycles. The van der Waals surface area contributed by atoms with Crippen molar-refractivity contribution in [1.29, 1.82) is 5.26 Å². The van der Waals surface area contributed by atoms with Crippen LogP contribution in [0.3, 0.4) is 0 Å². The molecular formula is C24H28N2O2. The number of hydrogen-bond donors (Lipinski definition) is 0. The molecule has 1 aliphatic rings. The van der Waals surface area contributed by atoms with Gasteiger partial charge in [0.1, 0.15) is 6.04 Å². The normalized spacial score (nSPS) is 15.8. The molecule has 0 radical (unpaired) electrons. The fraction of sp³-hybridized carbons (Fsp3) is 0.417. The molecule has 0 aromatic heterocycles. The Bertz CT molecular complexity index is 835. The average molecular weight is 377 g/mol. The number of rotatable bonds is 6. The van der Waals surface area contributed by atoms with E-state index in [1.807, 2.05) is 49.4 Å². The van der Waals surface area contributed by atoms with Crippen molar-refractivity contribution in [2.75, 3.05) is 7.11 Å². The Morgan fingerprint density at radius 2 is 1.89 bits per heavy atom. The van der Waals surface area contributed by atoms with Gasteiger partial charge >= 0.3 is 5.97 Å². The molecule has 0 amide bonds. The summed E-state index contributed by atoms with van der Waals surface area (Å²) in [4.78, 5) is 14.5. The van der Waals surface area contributed by atoms with Crippen molar-refractivity contribution in [3.8, 4) is 17.2 Å². The van der Waals surface area contributed by atoms with Crippen molar-refractivity contribution in [1.82, 2.24) is 4.90 Å². The number of ether oxygens (including phenoxy) is 1. The second-order valence-electron chi connectivity index (χ2n) is 7.52. The van der Waals surface area contributed by atoms with Gasteiger partial charge in [-0.15, -0.1) is 0 Å². The standard InChI is InChI=1S/C24H28N2O2/c1-18(24(27)28-2)26(22-11-7-4-8-12-22)17-19-13-14-23(21(15-19)16-25)20-9-5-3-6-10-20/h3,5-6,9-10,13-15,18,22H,4,7-8,11-12,17H2,1-2H3/t18-/m0/s1. The number of methoxy groups -OCH3 is 1. The molecule has 1 saturated carbocycles. The van der Waals surface area contributed by atoms with Gasteiger partial charge in [0, 0.05) is 12.6 Å². The Balaban J connectivity index is 1.87. The van der Waals surface area contributed by atoms with Crippen molar-refractivity contribution >= 4 is 5.97 Å². The topological polar surface area (TPSA) is 53.3 Å². The SMILES string of the molecule is COC(=O)[C@H](C)N(Cc1ccc(-c2ccccc2)c(C#N)c1)C1CCCCC1. The Morgan fingerprint density at radius 1 is 1.18 bits per heavy atom. The van der Waals surface area contributed by atoms with Crippen LogP contribution in [0.1, 0.15) is 50.2 Å². The lowest BCUT2D eigenvalue weighted by Crippen LogP contribution is -2.46. The largest absolute Gasteiger partial charge is 0.468 e. The molecule has 0 N–H and O–H groups in total. The summed E-state index contributed by atoms with van der Waals surface area (Å²) in [5.41, 5.74) is 3.70. The van der Waals surface area contributed by atoms with E-state index in [1.165, 1.54) is 26.4 Å². The molecule has 1 aliphatic carbocycles. The number of esters is 1. The van der Waals surface area contributed by atoms with Gasteiger partial charge in [-0.05, 0) is 42.5 Å². The molecule has 3 rings (SSSR count). The summed E-state index contributed by atoms with van der Waals surface area (Å²) in [6.45, 7) is 2.56. The zero-order chi connectivity index (χ0) is 19.9. The molecule has 146 valence electrons. The Kier molecular flexibility index (Phi) is 6.84. The van der Waals surface area contributed by atoms with E-state index in [-0.39, 0.29) is 12.0 Å². The highest BCUT2D eigenvalue weighted by Gasteiger charge is 2.30. The lowest BCUT2D eigenvalue weighted by atomic mass is 9.92. The van der Waals surface area contributed by atoms with Crippen LogP contribution in [0.4, 0.5) is 0 Å². The zero-order valence-electron chi connectivity index (χ0n) is 16.7. The van der Waals surface area contributed by atoms with Crippen LogP contribution in [0.15, 0.2) is 48.5 Å². The first-order valence-corrected chi connectivity index (χ1v) is 10.1. The Morgan fingerprint density at radius 3 is 2.54 bits per heavy atom. The number of hydrogen-bond acceptors (Lipinski definition) is 4. The van der Waals surface area contributed by atoms with E-state index >= 15 is 0 Å². The van der Waals surface area contributed by atoms with Crippen LogP contribution >= 0.6 is 0 Å². The van der Waals surface area contributed by atoms with Gasteiger partial charge in [-0.25, -0.2) is 0 Å². The van der Waals surface area contributed by atoms with Crippen molar-refractivity contribution in [3.63, 3.8) is 0 Å². The average Bonchev–Trinajstić information content (AvgIpc) is 2.77. The molecule has 0 heterocycles. The minimum absolute atomic E-state index is 0.202. The first-order chi connectivity index (χ1) is 13.6. The first kappa shape index (κ1) is 20.1. The van der Waals surface area contributed by atoms with E-state index in [0.717, 1.165) is 29.5 Å². The van der Waals surface area contributed by atoms with E-state index in [4.69, 9.17) is 4.74 Å². The third-order valence-corrected chi connectivity index (χ3v) is 5.74. The number of nitriles is 1. The van der Waals surface area contributed by atoms with Gasteiger partial charge in [0.25, 0.3) is 0 Å². The predicted molar refractivity (Wildman–Crippen MR) is 110 cm³/mol. The van der Waals surface area contributed by atoms with Gasteiger partial charge in [0.2, 0.25) is 0 Å². The molecular weight excluding hydrogens is 348 g/mol. The lowest BCUT2D eigenvalue weighted by molar-refractivity contribution is -0.147. The summed E-state index contributed by atoms with van der Waals surface area (Å²) < 4.78 is 5.01. The molecule has 2 aromatic rings. The smallest absolute Gasteiger partial charge is 0.322 e. The molecule has 0 unspecified atom stereocenters. The number of carbonyl (C=O) groups is 1. The highest BCUT2D eigenvalue weighted by molar-refractivity contribution is 5.75. The fourth-order valence-corrected chi connectivity index (χ4v) is 4.16. The molecule has 1 fully saturated rings. The second-order valence-corrected chi connectivity index (χ2v) is 7.52. The van der Waals surface area contributed by atoms with Crippen molar-refractivity contribution in [2.24, 2.45) is 0 Å². The van der Waals surface area contributed by atoms with Crippen LogP contribution in [-0.4, -0.2) is 30.1 Å². The lowest BCUT2D eigenvalue weighted by Gasteiger charge is -2.37. The fourth-order valence-electron chi connectivity index (χ4n) is 4.16. The summed E-state index contributed by atoms with van der Waals surface area (Å²) in [6.07, 6.45) is 5.88. The van der Waals surface area contributed by atoms with Crippen molar-refractivity contribution in [3.05, 3.63) is 59.7 Å². The molecule has 4 heteroatoms. The monoisotopic (exact) mass is 376 g/mol. The first-order valence-electron chi connectivity index (χ1n) is 10.1. The molecule has 0 aliphatic heterocycles. The maximum atomic E-state index is 12.2. The van der Waals surface area contributed by atoms with Gasteiger partial charge < -0.3 is 4.74 Å². The minimum Gasteiger partial charge on any atom is -0.468 e. The van der Waals surface area contributed by atoms with Gasteiger partial charge in [0.15, 0.2) is 0 Å². The number of benzene rings is 2. The summed E-state index contributed by atoms with van der Waals surface area (Å²) in [6, 6.07) is 18.4. The summed E-state index contributed by atoms with van der Waals surface area (Å²) in [5, 5.41) is 9.68. The zero-order valence-corrected chi connectivity index (χ0v) is 16.7. The van der Waals surface area contributed by atoms with Crippen LogP contribution in [0.5, 0.6) is 0 Å². The number of nitrogens with zero attached hydrogens (tertiary/aromatic N) is 2. The van der Waals surface area contributed by atoms with Crippen LogP contribution in [0.2, 0.25) is 0 Å². The van der Waals surface area contributed by atoms with Crippen LogP contribution in [0, 0.1) is 11.3 Å². The molecule has 0 bridgehead atoms. The molecule has 1 atom stereocenters. The van der Waals surface area contributed by atoms with E-state index in [2.05, 4.69) is 17.0 Å². The summed E-state index contributed by atoms with van der Waals surface area (Å²) in [7, 11) is 1.44. The molecule has 0 spiro atoms. The Hall–Kier alpha value is -2.64. The van der Waals surface area contributed by atoms with Gasteiger partial charge in [-0.3, -0.25) is 9.69 Å².